The Bertz CT molecular complexity index is 4370. The first-order valence-electron chi connectivity index (χ1n) is 25.9. The van der Waals surface area contributed by atoms with Gasteiger partial charge in [-0.1, -0.05) is 236 Å². The van der Waals surface area contributed by atoms with Crippen LogP contribution in [0.4, 0.5) is 17.1 Å². The van der Waals surface area contributed by atoms with E-state index in [0.29, 0.717) is 0 Å². The SMILES string of the molecule is c1ccc(C2(c3ccccc3)c3ccccc3-c3c(N(c4ccc(-c5ccc6c(c5)-c5ccccc5C65c6ccccc6Sc6ccccc65)cc4)c4cc5ccccc5c5oc6ccccc6c45)cccc32)cc1. The second kappa shape index (κ2) is 16.2. The highest BCUT2D eigenvalue weighted by molar-refractivity contribution is 7.99. The zero-order valence-corrected chi connectivity index (χ0v) is 41.6. The van der Waals surface area contributed by atoms with Crippen molar-refractivity contribution in [3.05, 3.63) is 317 Å². The topological polar surface area (TPSA) is 16.4 Å². The van der Waals surface area contributed by atoms with E-state index >= 15 is 0 Å². The van der Waals surface area contributed by atoms with Crippen molar-refractivity contribution in [2.24, 2.45) is 0 Å². The third-order valence-corrected chi connectivity index (χ3v) is 17.7. The van der Waals surface area contributed by atoms with Gasteiger partial charge in [0.25, 0.3) is 0 Å². The van der Waals surface area contributed by atoms with Gasteiger partial charge in [0, 0.05) is 31.8 Å². The Labute approximate surface area is 439 Å². The maximum absolute atomic E-state index is 6.92. The van der Waals surface area contributed by atoms with Gasteiger partial charge < -0.3 is 9.32 Å². The fraction of sp³-hybridized carbons (Fsp3) is 0.0278. The van der Waals surface area contributed by atoms with Gasteiger partial charge in [0.15, 0.2) is 0 Å². The molecule has 13 aromatic rings. The van der Waals surface area contributed by atoms with E-state index < -0.39 is 10.8 Å². The first-order chi connectivity index (χ1) is 37.2. The van der Waals surface area contributed by atoms with E-state index in [4.69, 9.17) is 4.42 Å². The van der Waals surface area contributed by atoms with Crippen LogP contribution in [-0.2, 0) is 10.8 Å². The van der Waals surface area contributed by atoms with Gasteiger partial charge in [-0.05, 0) is 126 Å². The molecule has 2 nitrogen and oxygen atoms in total. The average molecular weight is 972 g/mol. The third-order valence-electron chi connectivity index (χ3n) is 16.6. The summed E-state index contributed by atoms with van der Waals surface area (Å²) >= 11 is 1.89. The van der Waals surface area contributed by atoms with Crippen LogP contribution in [0.1, 0.15) is 44.5 Å². The summed E-state index contributed by atoms with van der Waals surface area (Å²) in [5, 5.41) is 4.39. The molecule has 16 rings (SSSR count). The predicted molar refractivity (Wildman–Crippen MR) is 310 cm³/mol. The Balaban J connectivity index is 0.928. The van der Waals surface area contributed by atoms with Crippen LogP contribution in [-0.4, -0.2) is 0 Å². The number of anilines is 3. The Morgan fingerprint density at radius 2 is 0.893 bits per heavy atom. The van der Waals surface area contributed by atoms with E-state index in [9.17, 15) is 0 Å². The lowest BCUT2D eigenvalue weighted by atomic mass is 9.67. The molecule has 2 aliphatic carbocycles. The van der Waals surface area contributed by atoms with Crippen LogP contribution in [0, 0.1) is 0 Å². The Kier molecular flexibility index (Phi) is 9.14. The number of furan rings is 1. The van der Waals surface area contributed by atoms with E-state index in [0.717, 1.165) is 55.3 Å². The van der Waals surface area contributed by atoms with Crippen molar-refractivity contribution in [2.45, 2.75) is 20.6 Å². The summed E-state index contributed by atoms with van der Waals surface area (Å²) in [6, 6.07) is 101. The van der Waals surface area contributed by atoms with E-state index in [-0.39, 0.29) is 0 Å². The molecule has 3 heteroatoms. The summed E-state index contributed by atoms with van der Waals surface area (Å²) < 4.78 is 6.92. The lowest BCUT2D eigenvalue weighted by molar-refractivity contribution is 0.672. The molecular weight excluding hydrogens is 927 g/mol. The van der Waals surface area contributed by atoms with Crippen LogP contribution in [0.3, 0.4) is 0 Å². The summed E-state index contributed by atoms with van der Waals surface area (Å²) in [5.41, 5.74) is 21.8. The third kappa shape index (κ3) is 5.82. The van der Waals surface area contributed by atoms with Gasteiger partial charge in [-0.3, -0.25) is 0 Å². The van der Waals surface area contributed by atoms with Crippen molar-refractivity contribution in [3.8, 4) is 33.4 Å². The van der Waals surface area contributed by atoms with Gasteiger partial charge in [0.05, 0.1) is 27.6 Å². The zero-order chi connectivity index (χ0) is 49.2. The minimum absolute atomic E-state index is 0.414. The lowest BCUT2D eigenvalue weighted by Gasteiger charge is -2.39. The molecule has 0 N–H and O–H groups in total. The molecule has 75 heavy (non-hydrogen) atoms. The Hall–Kier alpha value is -9.15. The summed E-state index contributed by atoms with van der Waals surface area (Å²) in [4.78, 5) is 5.14. The molecule has 0 atom stereocenters. The van der Waals surface area contributed by atoms with Crippen LogP contribution < -0.4 is 4.90 Å². The molecular formula is C72H45NOS. The van der Waals surface area contributed by atoms with Crippen molar-refractivity contribution < 1.29 is 4.42 Å². The normalized spacial score (nSPS) is 14.0. The maximum Gasteiger partial charge on any atom is 0.145 e. The van der Waals surface area contributed by atoms with Gasteiger partial charge in [0.1, 0.15) is 11.2 Å². The number of hydrogen-bond acceptors (Lipinski definition) is 3. The molecule has 0 saturated carbocycles. The van der Waals surface area contributed by atoms with Gasteiger partial charge in [0.2, 0.25) is 0 Å². The molecule has 350 valence electrons. The van der Waals surface area contributed by atoms with Gasteiger partial charge in [-0.25, -0.2) is 0 Å². The number of rotatable bonds is 6. The summed E-state index contributed by atoms with van der Waals surface area (Å²) in [6.45, 7) is 0. The van der Waals surface area contributed by atoms with Crippen molar-refractivity contribution in [1.29, 1.82) is 0 Å². The molecule has 12 aromatic carbocycles. The predicted octanol–water partition coefficient (Wildman–Crippen LogP) is 19.1. The van der Waals surface area contributed by atoms with E-state index in [1.807, 2.05) is 11.8 Å². The Morgan fingerprint density at radius 3 is 1.61 bits per heavy atom. The summed E-state index contributed by atoms with van der Waals surface area (Å²) in [7, 11) is 0. The molecule has 0 fully saturated rings. The number of fused-ring (bicyclic) bond motifs is 17. The zero-order valence-electron chi connectivity index (χ0n) is 40.7. The van der Waals surface area contributed by atoms with Crippen LogP contribution in [0.5, 0.6) is 0 Å². The minimum atomic E-state index is -0.563. The lowest BCUT2D eigenvalue weighted by Crippen LogP contribution is -2.31. The highest BCUT2D eigenvalue weighted by Crippen LogP contribution is 2.63. The second-order valence-corrected chi connectivity index (χ2v) is 21.3. The molecule has 3 aliphatic rings. The number of benzene rings is 12. The fourth-order valence-corrected chi connectivity index (χ4v) is 14.8. The van der Waals surface area contributed by atoms with Crippen LogP contribution >= 0.6 is 11.8 Å². The largest absolute Gasteiger partial charge is 0.455 e. The van der Waals surface area contributed by atoms with Crippen LogP contribution in [0.2, 0.25) is 0 Å². The van der Waals surface area contributed by atoms with Crippen LogP contribution in [0.15, 0.2) is 287 Å². The molecule has 0 bridgehead atoms. The molecule has 0 radical (unpaired) electrons. The highest BCUT2D eigenvalue weighted by atomic mass is 32.2. The highest BCUT2D eigenvalue weighted by Gasteiger charge is 2.51. The average Bonchev–Trinajstić information content (AvgIpc) is 4.18. The molecule has 1 aromatic heterocycles. The quantitative estimate of drug-likeness (QED) is 0.165. The van der Waals surface area contributed by atoms with Crippen molar-refractivity contribution >= 4 is 61.5 Å². The molecule has 0 saturated heterocycles. The van der Waals surface area contributed by atoms with Crippen molar-refractivity contribution in [3.63, 3.8) is 0 Å². The molecule has 0 unspecified atom stereocenters. The summed E-state index contributed by atoms with van der Waals surface area (Å²) in [6.07, 6.45) is 0. The molecule has 1 aliphatic heterocycles. The standard InChI is InChI=1S/C72H45NOS/c1-3-21-49(22-4-1)71(50-23-5-2-6-24-50)58-30-13-10-27-54(58)68-62(71)33-19-34-63(68)73(64-45-48-20-7-8-25-52(48)70-69(64)55-28-11-16-35-65(55)74-70)51-41-38-46(39-42-51)47-40-43-59-56(44-47)53-26-9-12-29-57(53)72(59)60-31-14-17-36-66(60)75-67-37-18-15-32-61(67)72/h1-45H. The van der Waals surface area contributed by atoms with Gasteiger partial charge >= 0.3 is 0 Å². The van der Waals surface area contributed by atoms with E-state index in [1.54, 1.807) is 0 Å². The van der Waals surface area contributed by atoms with Crippen LogP contribution in [0.25, 0.3) is 66.1 Å². The van der Waals surface area contributed by atoms with Crippen molar-refractivity contribution in [2.75, 3.05) is 4.90 Å². The minimum Gasteiger partial charge on any atom is -0.455 e. The number of nitrogens with zero attached hydrogens (tertiary/aromatic N) is 1. The van der Waals surface area contributed by atoms with Crippen molar-refractivity contribution in [1.82, 2.24) is 0 Å². The van der Waals surface area contributed by atoms with E-state index in [1.165, 1.54) is 82.1 Å². The number of hydrogen-bond donors (Lipinski definition) is 0. The fourth-order valence-electron chi connectivity index (χ4n) is 13.6. The second-order valence-electron chi connectivity index (χ2n) is 20.2. The molecule has 2 heterocycles. The maximum atomic E-state index is 6.92. The molecule has 1 spiro atoms. The molecule has 0 amide bonds. The van der Waals surface area contributed by atoms with Gasteiger partial charge in [-0.15, -0.1) is 0 Å². The summed E-state index contributed by atoms with van der Waals surface area (Å²) in [5.74, 6) is 0. The van der Waals surface area contributed by atoms with Gasteiger partial charge in [-0.2, -0.15) is 0 Å². The Morgan fingerprint density at radius 1 is 0.347 bits per heavy atom. The first-order valence-corrected chi connectivity index (χ1v) is 26.7. The smallest absolute Gasteiger partial charge is 0.145 e. The number of para-hydroxylation sites is 1. The first kappa shape index (κ1) is 42.4. The van der Waals surface area contributed by atoms with E-state index in [2.05, 4.69) is 278 Å². The monoisotopic (exact) mass is 971 g/mol.